The van der Waals surface area contributed by atoms with Crippen LogP contribution in [0.15, 0.2) is 42.7 Å². The lowest BCUT2D eigenvalue weighted by molar-refractivity contribution is 0.594. The summed E-state index contributed by atoms with van der Waals surface area (Å²) in [7, 11) is 0. The zero-order valence-corrected chi connectivity index (χ0v) is 12.8. The van der Waals surface area contributed by atoms with Crippen LogP contribution in [-0.4, -0.2) is 11.5 Å². The SMILES string of the molecule is CCCNC(c1cccnc1)c1ccc2c(c1)CCCC2. The fourth-order valence-electron chi connectivity index (χ4n) is 3.20. The summed E-state index contributed by atoms with van der Waals surface area (Å²) in [6, 6.07) is 11.5. The Morgan fingerprint density at radius 3 is 2.71 bits per heavy atom. The zero-order chi connectivity index (χ0) is 14.5. The Kier molecular flexibility index (Phi) is 4.66. The number of hydrogen-bond donors (Lipinski definition) is 1. The maximum absolute atomic E-state index is 4.29. The van der Waals surface area contributed by atoms with Crippen molar-refractivity contribution in [3.63, 3.8) is 0 Å². The minimum Gasteiger partial charge on any atom is -0.306 e. The van der Waals surface area contributed by atoms with Crippen molar-refractivity contribution in [3.8, 4) is 0 Å². The van der Waals surface area contributed by atoms with E-state index in [1.807, 2.05) is 18.5 Å². The lowest BCUT2D eigenvalue weighted by Crippen LogP contribution is -2.23. The molecular weight excluding hydrogens is 256 g/mol. The molecule has 1 aromatic heterocycles. The minimum absolute atomic E-state index is 0.255. The molecule has 1 unspecified atom stereocenters. The molecule has 0 aliphatic heterocycles. The van der Waals surface area contributed by atoms with Crippen molar-refractivity contribution in [3.05, 3.63) is 65.0 Å². The number of rotatable bonds is 5. The first-order valence-electron chi connectivity index (χ1n) is 8.13. The van der Waals surface area contributed by atoms with E-state index in [2.05, 4.69) is 41.5 Å². The molecule has 0 saturated carbocycles. The van der Waals surface area contributed by atoms with Gasteiger partial charge in [-0.25, -0.2) is 0 Å². The zero-order valence-electron chi connectivity index (χ0n) is 12.8. The Hall–Kier alpha value is -1.67. The van der Waals surface area contributed by atoms with Crippen molar-refractivity contribution < 1.29 is 0 Å². The average molecular weight is 280 g/mol. The van der Waals surface area contributed by atoms with Crippen LogP contribution in [0.2, 0.25) is 0 Å². The molecule has 1 aliphatic carbocycles. The second kappa shape index (κ2) is 6.86. The van der Waals surface area contributed by atoms with Gasteiger partial charge < -0.3 is 5.32 Å². The summed E-state index contributed by atoms with van der Waals surface area (Å²) in [6.07, 6.45) is 10.1. The van der Waals surface area contributed by atoms with Crippen LogP contribution >= 0.6 is 0 Å². The quantitative estimate of drug-likeness (QED) is 0.893. The molecule has 0 fully saturated rings. The lowest BCUT2D eigenvalue weighted by Gasteiger charge is -2.22. The summed E-state index contributed by atoms with van der Waals surface area (Å²) in [4.78, 5) is 4.29. The highest BCUT2D eigenvalue weighted by Gasteiger charge is 2.16. The number of nitrogens with one attached hydrogen (secondary N) is 1. The second-order valence-corrected chi connectivity index (χ2v) is 5.91. The first kappa shape index (κ1) is 14.3. The topological polar surface area (TPSA) is 24.9 Å². The van der Waals surface area contributed by atoms with Gasteiger partial charge in [0.05, 0.1) is 6.04 Å². The van der Waals surface area contributed by atoms with E-state index in [1.54, 1.807) is 11.1 Å². The average Bonchev–Trinajstić information content (AvgIpc) is 2.56. The van der Waals surface area contributed by atoms with E-state index in [0.29, 0.717) is 0 Å². The molecule has 0 saturated heterocycles. The van der Waals surface area contributed by atoms with Gasteiger partial charge in [0.15, 0.2) is 0 Å². The van der Waals surface area contributed by atoms with Crippen LogP contribution < -0.4 is 5.32 Å². The minimum atomic E-state index is 0.255. The van der Waals surface area contributed by atoms with Gasteiger partial charge >= 0.3 is 0 Å². The molecule has 2 aromatic rings. The third-order valence-corrected chi connectivity index (χ3v) is 4.32. The molecule has 21 heavy (non-hydrogen) atoms. The summed E-state index contributed by atoms with van der Waals surface area (Å²) < 4.78 is 0. The monoisotopic (exact) mass is 280 g/mol. The summed E-state index contributed by atoms with van der Waals surface area (Å²) in [5.74, 6) is 0. The van der Waals surface area contributed by atoms with Crippen LogP contribution in [0.4, 0.5) is 0 Å². The van der Waals surface area contributed by atoms with Gasteiger partial charge in [-0.3, -0.25) is 4.98 Å². The molecule has 1 heterocycles. The molecule has 0 bridgehead atoms. The third-order valence-electron chi connectivity index (χ3n) is 4.32. The first-order chi connectivity index (χ1) is 10.4. The van der Waals surface area contributed by atoms with E-state index in [4.69, 9.17) is 0 Å². The molecule has 2 nitrogen and oxygen atoms in total. The molecular formula is C19H24N2. The molecule has 1 aliphatic rings. The number of fused-ring (bicyclic) bond motifs is 1. The predicted octanol–water partition coefficient (Wildman–Crippen LogP) is 4.05. The Labute approximate surface area is 127 Å². The fourth-order valence-corrected chi connectivity index (χ4v) is 3.20. The molecule has 110 valence electrons. The molecule has 1 N–H and O–H groups in total. The fraction of sp³-hybridized carbons (Fsp3) is 0.421. The number of hydrogen-bond acceptors (Lipinski definition) is 2. The largest absolute Gasteiger partial charge is 0.306 e. The van der Waals surface area contributed by atoms with Gasteiger partial charge in [0.2, 0.25) is 0 Å². The summed E-state index contributed by atoms with van der Waals surface area (Å²) in [6.45, 7) is 3.23. The molecule has 0 radical (unpaired) electrons. The van der Waals surface area contributed by atoms with Gasteiger partial charge in [-0.05, 0) is 67.0 Å². The Balaban J connectivity index is 1.92. The Morgan fingerprint density at radius 1 is 1.10 bits per heavy atom. The molecule has 3 rings (SSSR count). The van der Waals surface area contributed by atoms with Crippen molar-refractivity contribution in [1.29, 1.82) is 0 Å². The molecule has 0 amide bonds. The van der Waals surface area contributed by atoms with Gasteiger partial charge in [-0.1, -0.05) is 31.2 Å². The maximum atomic E-state index is 4.29. The van der Waals surface area contributed by atoms with Crippen LogP contribution in [-0.2, 0) is 12.8 Å². The van der Waals surface area contributed by atoms with Crippen LogP contribution in [0.5, 0.6) is 0 Å². The summed E-state index contributed by atoms with van der Waals surface area (Å²) in [5, 5.41) is 3.67. The molecule has 1 aromatic carbocycles. The van der Waals surface area contributed by atoms with Crippen LogP contribution in [0.25, 0.3) is 0 Å². The van der Waals surface area contributed by atoms with E-state index in [1.165, 1.54) is 36.8 Å². The van der Waals surface area contributed by atoms with Crippen LogP contribution in [0.1, 0.15) is 54.5 Å². The summed E-state index contributed by atoms with van der Waals surface area (Å²) >= 11 is 0. The molecule has 0 spiro atoms. The van der Waals surface area contributed by atoms with E-state index < -0.39 is 0 Å². The number of pyridine rings is 1. The third kappa shape index (κ3) is 3.33. The van der Waals surface area contributed by atoms with E-state index in [0.717, 1.165) is 13.0 Å². The highest BCUT2D eigenvalue weighted by atomic mass is 14.9. The van der Waals surface area contributed by atoms with Crippen molar-refractivity contribution in [2.45, 2.75) is 45.1 Å². The normalized spacial score (nSPS) is 15.5. The van der Waals surface area contributed by atoms with Gasteiger partial charge in [0.1, 0.15) is 0 Å². The van der Waals surface area contributed by atoms with Gasteiger partial charge in [0, 0.05) is 12.4 Å². The van der Waals surface area contributed by atoms with Gasteiger partial charge in [0.25, 0.3) is 0 Å². The molecule has 1 atom stereocenters. The van der Waals surface area contributed by atoms with E-state index in [-0.39, 0.29) is 6.04 Å². The van der Waals surface area contributed by atoms with Gasteiger partial charge in [-0.2, -0.15) is 0 Å². The van der Waals surface area contributed by atoms with Crippen LogP contribution in [0, 0.1) is 0 Å². The van der Waals surface area contributed by atoms with E-state index >= 15 is 0 Å². The van der Waals surface area contributed by atoms with Crippen molar-refractivity contribution in [1.82, 2.24) is 10.3 Å². The van der Waals surface area contributed by atoms with Crippen molar-refractivity contribution in [2.24, 2.45) is 0 Å². The maximum Gasteiger partial charge on any atom is 0.0592 e. The predicted molar refractivity (Wildman–Crippen MR) is 87.5 cm³/mol. The number of nitrogens with zero attached hydrogens (tertiary/aromatic N) is 1. The highest BCUT2D eigenvalue weighted by molar-refractivity contribution is 5.38. The standard InChI is InChI=1S/C19H24N2/c1-2-11-21-19(18-8-5-12-20-14-18)17-10-9-15-6-3-4-7-16(15)13-17/h5,8-10,12-14,19,21H,2-4,6-7,11H2,1H3. The Bertz CT molecular complexity index is 577. The highest BCUT2D eigenvalue weighted by Crippen LogP contribution is 2.27. The smallest absolute Gasteiger partial charge is 0.0592 e. The number of benzene rings is 1. The van der Waals surface area contributed by atoms with Crippen LogP contribution in [0.3, 0.4) is 0 Å². The lowest BCUT2D eigenvalue weighted by atomic mass is 9.88. The Morgan fingerprint density at radius 2 is 1.95 bits per heavy atom. The summed E-state index contributed by atoms with van der Waals surface area (Å²) in [5.41, 5.74) is 5.72. The van der Waals surface area contributed by atoms with Crippen molar-refractivity contribution in [2.75, 3.05) is 6.54 Å². The second-order valence-electron chi connectivity index (χ2n) is 5.91. The molecule has 2 heteroatoms. The van der Waals surface area contributed by atoms with Crippen molar-refractivity contribution >= 4 is 0 Å². The van der Waals surface area contributed by atoms with Gasteiger partial charge in [-0.15, -0.1) is 0 Å². The number of aromatic nitrogens is 1. The van der Waals surface area contributed by atoms with E-state index in [9.17, 15) is 0 Å². The first-order valence-corrected chi connectivity index (χ1v) is 8.13. The number of aryl methyl sites for hydroxylation is 2.